The van der Waals surface area contributed by atoms with Gasteiger partial charge in [-0.1, -0.05) is 24.3 Å². The molecule has 1 aromatic heterocycles. The molecule has 146 valence electrons. The minimum Gasteiger partial charge on any atom is -0.496 e. The first kappa shape index (κ1) is 20.0. The number of pyridine rings is 1. The highest BCUT2D eigenvalue weighted by atomic mass is 16.5. The third-order valence-electron chi connectivity index (χ3n) is 4.34. The number of hydrogen-bond donors (Lipinski definition) is 1. The van der Waals surface area contributed by atoms with Crippen molar-refractivity contribution in [1.29, 1.82) is 0 Å². The van der Waals surface area contributed by atoms with Crippen LogP contribution < -0.4 is 10.1 Å². The Morgan fingerprint density at radius 3 is 2.62 bits per heavy atom. The van der Waals surface area contributed by atoms with Gasteiger partial charge in [0.05, 0.1) is 19.2 Å². The van der Waals surface area contributed by atoms with Gasteiger partial charge in [0.2, 0.25) is 5.91 Å². The molecule has 0 saturated heterocycles. The van der Waals surface area contributed by atoms with Crippen molar-refractivity contribution in [2.24, 2.45) is 0 Å². The van der Waals surface area contributed by atoms with Crippen LogP contribution in [0.3, 0.4) is 0 Å². The lowest BCUT2D eigenvalue weighted by atomic mass is 10.0. The fourth-order valence-electron chi connectivity index (χ4n) is 2.89. The van der Waals surface area contributed by atoms with E-state index in [1.807, 2.05) is 54.6 Å². The van der Waals surface area contributed by atoms with Crippen molar-refractivity contribution >= 4 is 29.5 Å². The lowest BCUT2D eigenvalue weighted by Crippen LogP contribution is -2.15. The summed E-state index contributed by atoms with van der Waals surface area (Å²) in [5, 5.41) is 2.90. The number of ether oxygens (including phenoxy) is 1. The Kier molecular flexibility index (Phi) is 6.53. The van der Waals surface area contributed by atoms with Gasteiger partial charge in [-0.2, -0.15) is 0 Å². The van der Waals surface area contributed by atoms with Crippen LogP contribution in [-0.4, -0.2) is 23.8 Å². The van der Waals surface area contributed by atoms with E-state index in [-0.39, 0.29) is 18.1 Å². The van der Waals surface area contributed by atoms with Gasteiger partial charge >= 0.3 is 0 Å². The summed E-state index contributed by atoms with van der Waals surface area (Å²) in [6.45, 7) is 1.50. The third kappa shape index (κ3) is 5.62. The summed E-state index contributed by atoms with van der Waals surface area (Å²) in [4.78, 5) is 28.4. The number of ketones is 1. The minimum absolute atomic E-state index is 0.0540. The number of amides is 1. The predicted octanol–water partition coefficient (Wildman–Crippen LogP) is 4.64. The molecule has 0 fully saturated rings. The van der Waals surface area contributed by atoms with E-state index in [0.29, 0.717) is 22.6 Å². The molecule has 5 heteroatoms. The van der Waals surface area contributed by atoms with Crippen LogP contribution in [0.5, 0.6) is 5.75 Å². The average Bonchev–Trinajstić information content (AvgIpc) is 2.73. The molecule has 2 aromatic carbocycles. The molecular formula is C24H22N2O3. The van der Waals surface area contributed by atoms with Crippen LogP contribution in [0.1, 0.15) is 34.1 Å². The Hall–Kier alpha value is -3.73. The van der Waals surface area contributed by atoms with E-state index in [4.69, 9.17) is 4.74 Å². The van der Waals surface area contributed by atoms with Gasteiger partial charge in [0.15, 0.2) is 5.78 Å². The Labute approximate surface area is 170 Å². The molecule has 5 nitrogen and oxygen atoms in total. The zero-order valence-electron chi connectivity index (χ0n) is 16.4. The first-order valence-electron chi connectivity index (χ1n) is 9.22. The van der Waals surface area contributed by atoms with Crippen molar-refractivity contribution in [3.8, 4) is 5.75 Å². The third-order valence-corrected chi connectivity index (χ3v) is 4.34. The molecule has 0 atom stereocenters. The highest BCUT2D eigenvalue weighted by Gasteiger charge is 2.12. The Morgan fingerprint density at radius 2 is 1.90 bits per heavy atom. The van der Waals surface area contributed by atoms with E-state index >= 15 is 0 Å². The summed E-state index contributed by atoms with van der Waals surface area (Å²) >= 11 is 0. The highest BCUT2D eigenvalue weighted by molar-refractivity contribution is 5.96. The highest BCUT2D eigenvalue weighted by Crippen LogP contribution is 2.22. The van der Waals surface area contributed by atoms with Crippen LogP contribution in [0, 0.1) is 0 Å². The van der Waals surface area contributed by atoms with Gasteiger partial charge in [0, 0.05) is 23.0 Å². The van der Waals surface area contributed by atoms with Crippen LogP contribution >= 0.6 is 0 Å². The van der Waals surface area contributed by atoms with Crippen molar-refractivity contribution in [3.05, 3.63) is 89.2 Å². The van der Waals surface area contributed by atoms with Crippen LogP contribution in [0.2, 0.25) is 0 Å². The Morgan fingerprint density at radius 1 is 1.03 bits per heavy atom. The summed E-state index contributed by atoms with van der Waals surface area (Å²) in [5.74, 6) is 0.341. The molecule has 0 aliphatic rings. The lowest BCUT2D eigenvalue weighted by molar-refractivity contribution is -0.115. The second-order valence-electron chi connectivity index (χ2n) is 6.52. The van der Waals surface area contributed by atoms with Gasteiger partial charge < -0.3 is 10.1 Å². The summed E-state index contributed by atoms with van der Waals surface area (Å²) < 4.78 is 5.32. The van der Waals surface area contributed by atoms with E-state index in [9.17, 15) is 9.59 Å². The molecule has 0 saturated carbocycles. The predicted molar refractivity (Wildman–Crippen MR) is 115 cm³/mol. The zero-order valence-corrected chi connectivity index (χ0v) is 16.4. The molecule has 3 aromatic rings. The van der Waals surface area contributed by atoms with Crippen LogP contribution in [-0.2, 0) is 11.2 Å². The maximum atomic E-state index is 12.5. The second-order valence-corrected chi connectivity index (χ2v) is 6.52. The summed E-state index contributed by atoms with van der Waals surface area (Å²) in [6.07, 6.45) is 5.71. The quantitative estimate of drug-likeness (QED) is 0.601. The molecule has 0 aliphatic heterocycles. The fourth-order valence-corrected chi connectivity index (χ4v) is 2.89. The maximum Gasteiger partial charge on any atom is 0.228 e. The van der Waals surface area contributed by atoms with Crippen molar-refractivity contribution in [2.75, 3.05) is 12.4 Å². The zero-order chi connectivity index (χ0) is 20.6. The first-order valence-corrected chi connectivity index (χ1v) is 9.22. The largest absolute Gasteiger partial charge is 0.496 e. The Bertz CT molecular complexity index is 1040. The molecule has 1 N–H and O–H groups in total. The number of rotatable bonds is 7. The second kappa shape index (κ2) is 9.46. The summed E-state index contributed by atoms with van der Waals surface area (Å²) in [5.41, 5.74) is 3.73. The van der Waals surface area contributed by atoms with E-state index in [0.717, 1.165) is 11.3 Å². The average molecular weight is 386 g/mol. The number of carbonyl (C=O) groups excluding carboxylic acids is 2. The van der Waals surface area contributed by atoms with Crippen LogP contribution in [0.4, 0.5) is 5.69 Å². The molecule has 29 heavy (non-hydrogen) atoms. The molecular weight excluding hydrogens is 364 g/mol. The van der Waals surface area contributed by atoms with Gasteiger partial charge in [-0.25, -0.2) is 0 Å². The topological polar surface area (TPSA) is 68.3 Å². The van der Waals surface area contributed by atoms with E-state index in [1.54, 1.807) is 31.5 Å². The molecule has 0 unspecified atom stereocenters. The molecule has 0 aliphatic carbocycles. The summed E-state index contributed by atoms with van der Waals surface area (Å²) in [7, 11) is 1.54. The van der Waals surface area contributed by atoms with Gasteiger partial charge in [-0.15, -0.1) is 0 Å². The van der Waals surface area contributed by atoms with Crippen molar-refractivity contribution in [3.63, 3.8) is 0 Å². The van der Waals surface area contributed by atoms with Gasteiger partial charge in [0.25, 0.3) is 0 Å². The SMILES string of the molecule is COc1ccc(C(C)=O)cc1CC(=O)Nc1cccc(C=Cc2ccccn2)c1. The monoisotopic (exact) mass is 386 g/mol. The van der Waals surface area contributed by atoms with Crippen molar-refractivity contribution in [1.82, 2.24) is 4.98 Å². The molecule has 3 rings (SSSR count). The molecule has 0 spiro atoms. The van der Waals surface area contributed by atoms with Crippen LogP contribution in [0.15, 0.2) is 66.9 Å². The molecule has 0 bridgehead atoms. The first-order chi connectivity index (χ1) is 14.0. The number of nitrogens with one attached hydrogen (secondary N) is 1. The molecule has 1 amide bonds. The van der Waals surface area contributed by atoms with Gasteiger partial charge in [-0.05, 0) is 61.0 Å². The number of carbonyl (C=O) groups is 2. The Balaban J connectivity index is 1.71. The molecule has 1 heterocycles. The standard InChI is InChI=1S/C24H22N2O3/c1-17(27)19-10-12-23(29-2)20(15-19)16-24(28)26-22-8-5-6-18(14-22)9-11-21-7-3-4-13-25-21/h3-15H,16H2,1-2H3,(H,26,28). The van der Waals surface area contributed by atoms with E-state index in [1.165, 1.54) is 6.92 Å². The number of aromatic nitrogens is 1. The maximum absolute atomic E-state index is 12.5. The lowest BCUT2D eigenvalue weighted by Gasteiger charge is -2.11. The molecule has 0 radical (unpaired) electrons. The number of nitrogens with zero attached hydrogens (tertiary/aromatic N) is 1. The van der Waals surface area contributed by atoms with Crippen molar-refractivity contribution in [2.45, 2.75) is 13.3 Å². The number of Topliss-reactive ketones (excluding diaryl/α,β-unsaturated/α-hetero) is 1. The number of benzene rings is 2. The van der Waals surface area contributed by atoms with Crippen LogP contribution in [0.25, 0.3) is 12.2 Å². The van der Waals surface area contributed by atoms with E-state index in [2.05, 4.69) is 10.3 Å². The fraction of sp³-hybridized carbons (Fsp3) is 0.125. The van der Waals surface area contributed by atoms with Gasteiger partial charge in [0.1, 0.15) is 5.75 Å². The smallest absolute Gasteiger partial charge is 0.228 e. The summed E-state index contributed by atoms with van der Waals surface area (Å²) in [6, 6.07) is 18.4. The minimum atomic E-state index is -0.185. The number of anilines is 1. The van der Waals surface area contributed by atoms with Crippen molar-refractivity contribution < 1.29 is 14.3 Å². The number of hydrogen-bond acceptors (Lipinski definition) is 4. The van der Waals surface area contributed by atoms with E-state index < -0.39 is 0 Å². The normalized spacial score (nSPS) is 10.7. The van der Waals surface area contributed by atoms with Gasteiger partial charge in [-0.3, -0.25) is 14.6 Å². The number of methoxy groups -OCH3 is 1.